The van der Waals surface area contributed by atoms with Gasteiger partial charge < -0.3 is 9.73 Å². The highest BCUT2D eigenvalue weighted by atomic mass is 79.9. The number of hydrogen-bond donors (Lipinski definition) is 1. The van der Waals surface area contributed by atoms with E-state index in [1.165, 1.54) is 5.56 Å². The molecule has 3 aromatic rings. The summed E-state index contributed by atoms with van der Waals surface area (Å²) in [4.78, 5) is 0. The van der Waals surface area contributed by atoms with Gasteiger partial charge in [-0.3, -0.25) is 0 Å². The maximum atomic E-state index is 6.21. The molecule has 1 aromatic heterocycles. The van der Waals surface area contributed by atoms with Crippen LogP contribution in [-0.4, -0.2) is 0 Å². The number of aryl methyl sites for hydroxylation is 1. The molecule has 1 heterocycles. The van der Waals surface area contributed by atoms with Crippen molar-refractivity contribution in [3.63, 3.8) is 0 Å². The Labute approximate surface area is 144 Å². The lowest BCUT2D eigenvalue weighted by Crippen LogP contribution is -2.01. The van der Waals surface area contributed by atoms with Gasteiger partial charge >= 0.3 is 0 Å². The Balaban J connectivity index is 1.92. The van der Waals surface area contributed by atoms with Gasteiger partial charge in [0.05, 0.1) is 5.69 Å². The molecule has 0 spiro atoms. The lowest BCUT2D eigenvalue weighted by atomic mass is 10.1. The van der Waals surface area contributed by atoms with Gasteiger partial charge in [0.15, 0.2) is 5.22 Å². The number of benzene rings is 2. The molecule has 0 saturated carbocycles. The van der Waals surface area contributed by atoms with Crippen molar-refractivity contribution in [2.75, 3.05) is 5.32 Å². The third-order valence-electron chi connectivity index (χ3n) is 3.28. The van der Waals surface area contributed by atoms with Crippen molar-refractivity contribution in [1.82, 2.24) is 0 Å². The van der Waals surface area contributed by atoms with E-state index in [-0.39, 0.29) is 0 Å². The molecule has 1 N–H and O–H groups in total. The summed E-state index contributed by atoms with van der Waals surface area (Å²) in [6.07, 6.45) is 0. The van der Waals surface area contributed by atoms with Crippen molar-refractivity contribution in [3.8, 4) is 0 Å². The minimum Gasteiger partial charge on any atom is -0.444 e. The van der Waals surface area contributed by atoms with E-state index in [0.717, 1.165) is 31.2 Å². The fourth-order valence-electron chi connectivity index (χ4n) is 2.28. The highest BCUT2D eigenvalue weighted by molar-refractivity contribution is 9.11. The van der Waals surface area contributed by atoms with Crippen LogP contribution in [0.1, 0.15) is 11.1 Å². The molecule has 0 amide bonds. The van der Waals surface area contributed by atoms with Crippen LogP contribution >= 0.6 is 43.5 Å². The number of nitrogens with one attached hydrogen (secondary N) is 1. The Morgan fingerprint density at radius 1 is 1.14 bits per heavy atom. The van der Waals surface area contributed by atoms with Crippen molar-refractivity contribution >= 4 is 60.1 Å². The molecule has 21 heavy (non-hydrogen) atoms. The fourth-order valence-corrected chi connectivity index (χ4v) is 4.23. The monoisotopic (exact) mass is 427 g/mol. The fraction of sp³-hybridized carbons (Fsp3) is 0.125. The first-order chi connectivity index (χ1) is 10.1. The van der Waals surface area contributed by atoms with E-state index in [4.69, 9.17) is 16.0 Å². The molecule has 3 rings (SSSR count). The third-order valence-corrected chi connectivity index (χ3v) is 4.83. The molecule has 0 radical (unpaired) electrons. The Bertz CT molecular complexity index is 790. The molecule has 0 aliphatic rings. The van der Waals surface area contributed by atoms with E-state index < -0.39 is 0 Å². The molecule has 108 valence electrons. The molecular formula is C16H12Br2ClNO. The molecular weight excluding hydrogens is 417 g/mol. The molecule has 5 heteroatoms. The average Bonchev–Trinajstić information content (AvgIpc) is 2.73. The standard InChI is InChI=1S/C16H12Br2ClNO/c1-9-6-12(17)15(13(18)7-9)20-8-11-10-4-2-3-5-14(10)21-16(11)19/h2-7,20H,8H2,1H3. The van der Waals surface area contributed by atoms with Crippen molar-refractivity contribution in [3.05, 3.63) is 61.7 Å². The molecule has 0 saturated heterocycles. The summed E-state index contributed by atoms with van der Waals surface area (Å²) in [6, 6.07) is 12.0. The quantitative estimate of drug-likeness (QED) is 0.512. The summed E-state index contributed by atoms with van der Waals surface area (Å²) in [5, 5.41) is 4.88. The summed E-state index contributed by atoms with van der Waals surface area (Å²) in [6.45, 7) is 2.65. The number of hydrogen-bond acceptors (Lipinski definition) is 2. The summed E-state index contributed by atoms with van der Waals surface area (Å²) in [5.41, 5.74) is 3.96. The molecule has 0 bridgehead atoms. The zero-order chi connectivity index (χ0) is 15.0. The number of para-hydroxylation sites is 1. The van der Waals surface area contributed by atoms with Crippen LogP contribution in [0.3, 0.4) is 0 Å². The molecule has 2 nitrogen and oxygen atoms in total. The van der Waals surface area contributed by atoms with Crippen molar-refractivity contribution in [2.24, 2.45) is 0 Å². The maximum Gasteiger partial charge on any atom is 0.199 e. The van der Waals surface area contributed by atoms with Crippen molar-refractivity contribution in [1.29, 1.82) is 0 Å². The van der Waals surface area contributed by atoms with Gasteiger partial charge in [-0.2, -0.15) is 0 Å². The second-order valence-electron chi connectivity index (χ2n) is 4.81. The largest absolute Gasteiger partial charge is 0.444 e. The summed E-state index contributed by atoms with van der Waals surface area (Å²) < 4.78 is 7.59. The number of anilines is 1. The van der Waals surface area contributed by atoms with Crippen LogP contribution in [0.25, 0.3) is 11.0 Å². The first kappa shape index (κ1) is 14.9. The zero-order valence-corrected chi connectivity index (χ0v) is 15.1. The molecule has 0 fully saturated rings. The van der Waals surface area contributed by atoms with Gasteiger partial charge in [0.1, 0.15) is 5.58 Å². The van der Waals surface area contributed by atoms with E-state index in [1.54, 1.807) is 0 Å². The minimum absolute atomic E-state index is 0.433. The maximum absolute atomic E-state index is 6.21. The number of fused-ring (bicyclic) bond motifs is 1. The van der Waals surface area contributed by atoms with E-state index >= 15 is 0 Å². The predicted molar refractivity (Wildman–Crippen MR) is 95.1 cm³/mol. The van der Waals surface area contributed by atoms with E-state index in [0.29, 0.717) is 11.8 Å². The third kappa shape index (κ3) is 2.98. The normalized spacial score (nSPS) is 11.0. The van der Waals surface area contributed by atoms with Gasteiger partial charge in [0, 0.05) is 26.4 Å². The molecule has 0 unspecified atom stereocenters. The SMILES string of the molecule is Cc1cc(Br)c(NCc2c(Cl)oc3ccccc23)c(Br)c1. The van der Waals surface area contributed by atoms with E-state index in [2.05, 4.69) is 56.2 Å². The predicted octanol–water partition coefficient (Wildman–Crippen LogP) is 6.53. The lowest BCUT2D eigenvalue weighted by Gasteiger charge is -2.11. The Hall–Kier alpha value is -0.970. The smallest absolute Gasteiger partial charge is 0.199 e. The Morgan fingerprint density at radius 3 is 2.52 bits per heavy atom. The second-order valence-corrected chi connectivity index (χ2v) is 6.86. The first-order valence-corrected chi connectivity index (χ1v) is 8.38. The molecule has 2 aromatic carbocycles. The van der Waals surface area contributed by atoms with Gasteiger partial charge in [-0.15, -0.1) is 0 Å². The van der Waals surface area contributed by atoms with Crippen molar-refractivity contribution in [2.45, 2.75) is 13.5 Å². The Morgan fingerprint density at radius 2 is 1.81 bits per heavy atom. The lowest BCUT2D eigenvalue weighted by molar-refractivity contribution is 0.613. The van der Waals surface area contributed by atoms with Crippen LogP contribution < -0.4 is 5.32 Å². The average molecular weight is 430 g/mol. The summed E-state index contributed by atoms with van der Waals surface area (Å²) >= 11 is 13.4. The van der Waals surface area contributed by atoms with E-state index in [9.17, 15) is 0 Å². The molecule has 0 aliphatic heterocycles. The van der Waals surface area contributed by atoms with Crippen LogP contribution in [0.4, 0.5) is 5.69 Å². The van der Waals surface area contributed by atoms with Gasteiger partial charge in [0.2, 0.25) is 0 Å². The van der Waals surface area contributed by atoms with Gasteiger partial charge in [-0.1, -0.05) is 18.2 Å². The topological polar surface area (TPSA) is 25.2 Å². The van der Waals surface area contributed by atoms with Crippen LogP contribution in [0.5, 0.6) is 0 Å². The van der Waals surface area contributed by atoms with Crippen LogP contribution in [-0.2, 0) is 6.54 Å². The first-order valence-electron chi connectivity index (χ1n) is 6.41. The summed E-state index contributed by atoms with van der Waals surface area (Å²) in [5.74, 6) is 0. The molecule has 0 aliphatic carbocycles. The summed E-state index contributed by atoms with van der Waals surface area (Å²) in [7, 11) is 0. The zero-order valence-electron chi connectivity index (χ0n) is 11.2. The molecule has 0 atom stereocenters. The van der Waals surface area contributed by atoms with Gasteiger partial charge in [-0.25, -0.2) is 0 Å². The number of halogens is 3. The van der Waals surface area contributed by atoms with Gasteiger partial charge in [-0.05, 0) is 74.1 Å². The van der Waals surface area contributed by atoms with E-state index in [1.807, 2.05) is 24.3 Å². The van der Waals surface area contributed by atoms with Crippen LogP contribution in [0.15, 0.2) is 49.8 Å². The highest BCUT2D eigenvalue weighted by Gasteiger charge is 2.13. The van der Waals surface area contributed by atoms with Crippen LogP contribution in [0.2, 0.25) is 5.22 Å². The second kappa shape index (κ2) is 6.03. The Kier molecular flexibility index (Phi) is 4.29. The van der Waals surface area contributed by atoms with Crippen molar-refractivity contribution < 1.29 is 4.42 Å². The number of rotatable bonds is 3. The number of furan rings is 1. The van der Waals surface area contributed by atoms with Gasteiger partial charge in [0.25, 0.3) is 0 Å². The highest BCUT2D eigenvalue weighted by Crippen LogP contribution is 2.35. The minimum atomic E-state index is 0.433. The van der Waals surface area contributed by atoms with Crippen LogP contribution in [0, 0.1) is 6.92 Å².